The highest BCUT2D eigenvalue weighted by atomic mass is 16.6. The van der Waals surface area contributed by atoms with Gasteiger partial charge in [-0.1, -0.05) is 0 Å². The zero-order valence-corrected chi connectivity index (χ0v) is 13.7. The van der Waals surface area contributed by atoms with Crippen LogP contribution >= 0.6 is 0 Å². The third-order valence-electron chi connectivity index (χ3n) is 3.59. The van der Waals surface area contributed by atoms with E-state index in [1.807, 2.05) is 32.6 Å². The van der Waals surface area contributed by atoms with Crippen LogP contribution in [-0.4, -0.2) is 59.6 Å². The number of rotatable bonds is 4. The Labute approximate surface area is 127 Å². The molecule has 1 rings (SSSR count). The third kappa shape index (κ3) is 5.53. The van der Waals surface area contributed by atoms with Gasteiger partial charge < -0.3 is 20.3 Å². The molecule has 1 heterocycles. The minimum absolute atomic E-state index is 0.0229. The van der Waals surface area contributed by atoms with Crippen LogP contribution in [0.4, 0.5) is 4.79 Å². The van der Waals surface area contributed by atoms with Gasteiger partial charge in [-0.15, -0.1) is 0 Å². The van der Waals surface area contributed by atoms with E-state index >= 15 is 0 Å². The highest BCUT2D eigenvalue weighted by Gasteiger charge is 2.30. The number of amides is 2. The molecule has 2 amide bonds. The molecule has 0 unspecified atom stereocenters. The number of hydrogen-bond acceptors (Lipinski definition) is 4. The summed E-state index contributed by atoms with van der Waals surface area (Å²) in [5, 5.41) is 0. The molecule has 1 fully saturated rings. The molecule has 0 bridgehead atoms. The van der Waals surface area contributed by atoms with Crippen molar-refractivity contribution in [2.24, 2.45) is 5.73 Å². The third-order valence-corrected chi connectivity index (χ3v) is 3.59. The summed E-state index contributed by atoms with van der Waals surface area (Å²) in [7, 11) is 0. The van der Waals surface area contributed by atoms with Crippen molar-refractivity contribution >= 4 is 12.0 Å². The second-order valence-electron chi connectivity index (χ2n) is 6.46. The number of likely N-dealkylation sites (N-methyl/N-ethyl adjacent to an activating group) is 1. The summed E-state index contributed by atoms with van der Waals surface area (Å²) in [5.74, 6) is -0.0417. The van der Waals surface area contributed by atoms with Gasteiger partial charge in [0.2, 0.25) is 5.91 Å². The Balaban J connectivity index is 2.69. The lowest BCUT2D eigenvalue weighted by Crippen LogP contribution is -2.52. The van der Waals surface area contributed by atoms with Crippen molar-refractivity contribution < 1.29 is 14.3 Å². The highest BCUT2D eigenvalue weighted by molar-refractivity contribution is 5.78. The van der Waals surface area contributed by atoms with Gasteiger partial charge >= 0.3 is 6.09 Å². The molecule has 0 aromatic heterocycles. The lowest BCUT2D eigenvalue weighted by atomic mass is 10.0. The summed E-state index contributed by atoms with van der Waals surface area (Å²) in [6.07, 6.45) is 2.66. The molecule has 1 atom stereocenters. The lowest BCUT2D eigenvalue weighted by Gasteiger charge is -2.38. The van der Waals surface area contributed by atoms with Gasteiger partial charge in [-0.3, -0.25) is 4.79 Å². The number of hydrogen-bond donors (Lipinski definition) is 1. The quantitative estimate of drug-likeness (QED) is 0.855. The van der Waals surface area contributed by atoms with E-state index in [0.717, 1.165) is 25.8 Å². The average molecular weight is 299 g/mol. The van der Waals surface area contributed by atoms with E-state index in [-0.39, 0.29) is 24.6 Å². The van der Waals surface area contributed by atoms with E-state index in [9.17, 15) is 9.59 Å². The summed E-state index contributed by atoms with van der Waals surface area (Å²) in [5.41, 5.74) is 4.96. The van der Waals surface area contributed by atoms with Crippen LogP contribution in [0.1, 0.15) is 47.0 Å². The molecule has 1 aliphatic heterocycles. The molecule has 6 heteroatoms. The predicted molar refractivity (Wildman–Crippen MR) is 81.9 cm³/mol. The maximum absolute atomic E-state index is 12.2. The zero-order chi connectivity index (χ0) is 16.0. The molecular formula is C15H29N3O3. The van der Waals surface area contributed by atoms with Gasteiger partial charge in [0, 0.05) is 25.7 Å². The van der Waals surface area contributed by atoms with E-state index in [0.29, 0.717) is 13.1 Å². The van der Waals surface area contributed by atoms with Gasteiger partial charge in [0.1, 0.15) is 5.60 Å². The fourth-order valence-electron chi connectivity index (χ4n) is 2.55. The topological polar surface area (TPSA) is 75.9 Å². The first-order valence-corrected chi connectivity index (χ1v) is 7.76. The molecule has 0 spiro atoms. The summed E-state index contributed by atoms with van der Waals surface area (Å²) in [6, 6.07) is 0.0438. The number of nitrogens with two attached hydrogens (primary N) is 1. The van der Waals surface area contributed by atoms with Crippen molar-refractivity contribution in [1.82, 2.24) is 9.80 Å². The number of nitrogens with zero attached hydrogens (tertiary/aromatic N) is 2. The predicted octanol–water partition coefficient (Wildman–Crippen LogP) is 1.58. The van der Waals surface area contributed by atoms with Crippen LogP contribution in [0, 0.1) is 0 Å². The fourth-order valence-corrected chi connectivity index (χ4v) is 2.55. The van der Waals surface area contributed by atoms with Gasteiger partial charge in [-0.2, -0.15) is 0 Å². The summed E-state index contributed by atoms with van der Waals surface area (Å²) < 4.78 is 5.41. The SMILES string of the molecule is CCN(C[C@H]1CCCCN1C(=O)CN)C(=O)OC(C)(C)C. The molecular weight excluding hydrogens is 270 g/mol. The van der Waals surface area contributed by atoms with Crippen LogP contribution in [0.25, 0.3) is 0 Å². The Hall–Kier alpha value is -1.30. The van der Waals surface area contributed by atoms with Gasteiger partial charge in [-0.25, -0.2) is 4.79 Å². The normalized spacial score (nSPS) is 19.3. The summed E-state index contributed by atoms with van der Waals surface area (Å²) >= 11 is 0. The van der Waals surface area contributed by atoms with Crippen molar-refractivity contribution in [1.29, 1.82) is 0 Å². The molecule has 122 valence electrons. The average Bonchev–Trinajstić information content (AvgIpc) is 2.42. The molecule has 0 saturated carbocycles. The number of ether oxygens (including phenoxy) is 1. The van der Waals surface area contributed by atoms with Gasteiger partial charge in [-0.05, 0) is 47.0 Å². The highest BCUT2D eigenvalue weighted by Crippen LogP contribution is 2.19. The first-order valence-electron chi connectivity index (χ1n) is 7.76. The Morgan fingerprint density at radius 1 is 1.33 bits per heavy atom. The van der Waals surface area contributed by atoms with Crippen LogP contribution in [0.15, 0.2) is 0 Å². The smallest absolute Gasteiger partial charge is 0.410 e. The second-order valence-corrected chi connectivity index (χ2v) is 6.46. The Morgan fingerprint density at radius 2 is 2.00 bits per heavy atom. The first-order chi connectivity index (χ1) is 9.78. The molecule has 1 saturated heterocycles. The number of carbonyl (C=O) groups excluding carboxylic acids is 2. The van der Waals surface area contributed by atoms with Gasteiger partial charge in [0.25, 0.3) is 0 Å². The van der Waals surface area contributed by atoms with Crippen LogP contribution in [0.2, 0.25) is 0 Å². The molecule has 0 aliphatic carbocycles. The van der Waals surface area contributed by atoms with E-state index in [1.165, 1.54) is 0 Å². The number of likely N-dealkylation sites (tertiary alicyclic amines) is 1. The molecule has 2 N–H and O–H groups in total. The molecule has 0 aromatic carbocycles. The Morgan fingerprint density at radius 3 is 2.52 bits per heavy atom. The molecule has 1 aliphatic rings. The molecule has 6 nitrogen and oxygen atoms in total. The van der Waals surface area contributed by atoms with Crippen molar-refractivity contribution in [2.45, 2.75) is 58.6 Å². The standard InChI is InChI=1S/C15H29N3O3/c1-5-17(14(20)21-15(2,3)4)11-12-8-6-7-9-18(12)13(19)10-16/h12H,5-11,16H2,1-4H3/t12-/m1/s1. The van der Waals surface area contributed by atoms with Crippen molar-refractivity contribution in [2.75, 3.05) is 26.2 Å². The monoisotopic (exact) mass is 299 g/mol. The van der Waals surface area contributed by atoms with Crippen molar-refractivity contribution in [3.8, 4) is 0 Å². The maximum Gasteiger partial charge on any atom is 0.410 e. The minimum atomic E-state index is -0.510. The Bertz CT molecular complexity index is 366. The number of piperidine rings is 1. The first kappa shape index (κ1) is 17.8. The lowest BCUT2D eigenvalue weighted by molar-refractivity contribution is -0.133. The number of carbonyl (C=O) groups is 2. The zero-order valence-electron chi connectivity index (χ0n) is 13.7. The van der Waals surface area contributed by atoms with Crippen LogP contribution in [0.3, 0.4) is 0 Å². The minimum Gasteiger partial charge on any atom is -0.444 e. The largest absolute Gasteiger partial charge is 0.444 e. The van der Waals surface area contributed by atoms with Crippen LogP contribution in [-0.2, 0) is 9.53 Å². The van der Waals surface area contributed by atoms with E-state index in [4.69, 9.17) is 10.5 Å². The summed E-state index contributed by atoms with van der Waals surface area (Å²) in [6.45, 7) is 9.30. The Kier molecular flexibility index (Phi) is 6.45. The van der Waals surface area contributed by atoms with Gasteiger partial charge in [0.05, 0.1) is 6.54 Å². The molecule has 0 radical (unpaired) electrons. The van der Waals surface area contributed by atoms with Gasteiger partial charge in [0.15, 0.2) is 0 Å². The summed E-state index contributed by atoms with van der Waals surface area (Å²) in [4.78, 5) is 27.6. The fraction of sp³-hybridized carbons (Fsp3) is 0.867. The molecule has 0 aromatic rings. The van der Waals surface area contributed by atoms with Crippen molar-refractivity contribution in [3.63, 3.8) is 0 Å². The van der Waals surface area contributed by atoms with E-state index in [2.05, 4.69) is 0 Å². The van der Waals surface area contributed by atoms with E-state index < -0.39 is 5.60 Å². The maximum atomic E-state index is 12.2. The van der Waals surface area contributed by atoms with Crippen LogP contribution in [0.5, 0.6) is 0 Å². The molecule has 21 heavy (non-hydrogen) atoms. The second kappa shape index (κ2) is 7.64. The van der Waals surface area contributed by atoms with Crippen molar-refractivity contribution in [3.05, 3.63) is 0 Å². The van der Waals surface area contributed by atoms with Crippen LogP contribution < -0.4 is 5.73 Å². The van der Waals surface area contributed by atoms with E-state index in [1.54, 1.807) is 4.90 Å².